The summed E-state index contributed by atoms with van der Waals surface area (Å²) in [7, 11) is 0. The molecule has 0 saturated carbocycles. The summed E-state index contributed by atoms with van der Waals surface area (Å²) in [6.45, 7) is 1.41. The van der Waals surface area contributed by atoms with Crippen LogP contribution in [-0.2, 0) is 17.9 Å². The van der Waals surface area contributed by atoms with Gasteiger partial charge >= 0.3 is 0 Å². The minimum absolute atomic E-state index is 0.0263. The number of benzene rings is 1. The fraction of sp³-hybridized carbons (Fsp3) is 0.333. The standard InChI is InChI=1S/C15H19N3O2/c19-12-11-17(13-14-5-2-1-3-6-14)15(20)7-10-18-9-4-8-16-18/h1-6,8-9,19H,7,10-13H2. The Hall–Kier alpha value is -2.14. The Labute approximate surface area is 118 Å². The molecule has 20 heavy (non-hydrogen) atoms. The Morgan fingerprint density at radius 1 is 1.25 bits per heavy atom. The molecule has 0 bridgehead atoms. The lowest BCUT2D eigenvalue weighted by Gasteiger charge is -2.22. The predicted octanol–water partition coefficient (Wildman–Crippen LogP) is 1.29. The first-order valence-electron chi connectivity index (χ1n) is 6.69. The Balaban J connectivity index is 1.91. The van der Waals surface area contributed by atoms with E-state index in [1.165, 1.54) is 0 Å². The van der Waals surface area contributed by atoms with Crippen LogP contribution in [0.3, 0.4) is 0 Å². The van der Waals surface area contributed by atoms with Crippen molar-refractivity contribution in [3.05, 3.63) is 54.4 Å². The van der Waals surface area contributed by atoms with Crippen molar-refractivity contribution in [1.82, 2.24) is 14.7 Å². The van der Waals surface area contributed by atoms with Crippen molar-refractivity contribution >= 4 is 5.91 Å². The molecule has 0 aliphatic rings. The number of aryl methyl sites for hydroxylation is 1. The minimum Gasteiger partial charge on any atom is -0.395 e. The molecule has 0 atom stereocenters. The number of aliphatic hydroxyl groups is 1. The van der Waals surface area contributed by atoms with Crippen LogP contribution in [0.5, 0.6) is 0 Å². The Morgan fingerprint density at radius 2 is 2.05 bits per heavy atom. The number of amides is 1. The summed E-state index contributed by atoms with van der Waals surface area (Å²) in [5.41, 5.74) is 1.06. The summed E-state index contributed by atoms with van der Waals surface area (Å²) < 4.78 is 1.73. The molecular weight excluding hydrogens is 254 g/mol. The van der Waals surface area contributed by atoms with E-state index in [2.05, 4.69) is 5.10 Å². The highest BCUT2D eigenvalue weighted by molar-refractivity contribution is 5.76. The van der Waals surface area contributed by atoms with Gasteiger partial charge in [0.05, 0.1) is 6.61 Å². The second-order valence-electron chi connectivity index (χ2n) is 4.54. The van der Waals surface area contributed by atoms with Crippen molar-refractivity contribution in [2.75, 3.05) is 13.2 Å². The molecule has 2 aromatic rings. The molecule has 5 nitrogen and oxygen atoms in total. The van der Waals surface area contributed by atoms with Gasteiger partial charge in [-0.25, -0.2) is 0 Å². The molecule has 0 aliphatic heterocycles. The molecule has 5 heteroatoms. The van der Waals surface area contributed by atoms with Gasteiger partial charge in [-0.3, -0.25) is 9.48 Å². The second kappa shape index (κ2) is 7.45. The first kappa shape index (κ1) is 14.3. The van der Waals surface area contributed by atoms with E-state index >= 15 is 0 Å². The van der Waals surface area contributed by atoms with Crippen molar-refractivity contribution < 1.29 is 9.90 Å². The average Bonchev–Trinajstić information content (AvgIpc) is 2.99. The quantitative estimate of drug-likeness (QED) is 0.827. The Kier molecular flexibility index (Phi) is 5.32. The van der Waals surface area contributed by atoms with Gasteiger partial charge in [-0.1, -0.05) is 30.3 Å². The SMILES string of the molecule is O=C(CCn1cccn1)N(CCO)Cc1ccccc1. The second-order valence-corrected chi connectivity index (χ2v) is 4.54. The summed E-state index contributed by atoms with van der Waals surface area (Å²) in [5.74, 6) is 0.0263. The first-order chi connectivity index (χ1) is 9.79. The van der Waals surface area contributed by atoms with Crippen LogP contribution in [0.2, 0.25) is 0 Å². The average molecular weight is 273 g/mol. The lowest BCUT2D eigenvalue weighted by atomic mass is 10.2. The molecule has 0 aliphatic carbocycles. The smallest absolute Gasteiger partial charge is 0.224 e. The van der Waals surface area contributed by atoms with E-state index < -0.39 is 0 Å². The summed E-state index contributed by atoms with van der Waals surface area (Å²) >= 11 is 0. The van der Waals surface area contributed by atoms with E-state index in [4.69, 9.17) is 5.11 Å². The molecule has 1 aromatic carbocycles. The maximum absolute atomic E-state index is 12.2. The van der Waals surface area contributed by atoms with Crippen molar-refractivity contribution in [3.8, 4) is 0 Å². The molecule has 106 valence electrons. The molecule has 0 unspecified atom stereocenters. The third kappa shape index (κ3) is 4.20. The van der Waals surface area contributed by atoms with Gasteiger partial charge in [-0.2, -0.15) is 5.10 Å². The maximum atomic E-state index is 12.2. The third-order valence-electron chi connectivity index (χ3n) is 3.05. The van der Waals surface area contributed by atoms with Gasteiger partial charge in [-0.05, 0) is 11.6 Å². The number of carbonyl (C=O) groups excluding carboxylic acids is 1. The van der Waals surface area contributed by atoms with Gasteiger partial charge in [0.1, 0.15) is 0 Å². The molecule has 0 saturated heterocycles. The fourth-order valence-corrected chi connectivity index (χ4v) is 2.02. The number of rotatable bonds is 7. The van der Waals surface area contributed by atoms with Crippen molar-refractivity contribution in [1.29, 1.82) is 0 Å². The highest BCUT2D eigenvalue weighted by Crippen LogP contribution is 2.06. The minimum atomic E-state index is -0.0274. The molecule has 1 N–H and O–H groups in total. The van der Waals surface area contributed by atoms with Gasteiger partial charge in [0.15, 0.2) is 0 Å². The van der Waals surface area contributed by atoms with Crippen LogP contribution in [-0.4, -0.2) is 38.8 Å². The van der Waals surface area contributed by atoms with Crippen LogP contribution in [0.1, 0.15) is 12.0 Å². The molecular formula is C15H19N3O2. The van der Waals surface area contributed by atoms with Gasteiger partial charge in [0, 0.05) is 38.4 Å². The molecule has 0 spiro atoms. The molecule has 0 fully saturated rings. The topological polar surface area (TPSA) is 58.4 Å². The number of nitrogens with zero attached hydrogens (tertiary/aromatic N) is 3. The molecule has 0 radical (unpaired) electrons. The predicted molar refractivity (Wildman–Crippen MR) is 75.8 cm³/mol. The lowest BCUT2D eigenvalue weighted by Crippen LogP contribution is -2.33. The van der Waals surface area contributed by atoms with Crippen LogP contribution >= 0.6 is 0 Å². The summed E-state index contributed by atoms with van der Waals surface area (Å²) in [5, 5.41) is 13.2. The summed E-state index contributed by atoms with van der Waals surface area (Å²) in [4.78, 5) is 13.9. The summed E-state index contributed by atoms with van der Waals surface area (Å²) in [6.07, 6.45) is 3.91. The van der Waals surface area contributed by atoms with E-state index in [-0.39, 0.29) is 12.5 Å². The molecule has 1 amide bonds. The number of carbonyl (C=O) groups is 1. The van der Waals surface area contributed by atoms with Crippen molar-refractivity contribution in [2.45, 2.75) is 19.5 Å². The van der Waals surface area contributed by atoms with Crippen molar-refractivity contribution in [2.24, 2.45) is 0 Å². The molecule has 2 rings (SSSR count). The van der Waals surface area contributed by atoms with E-state index in [1.54, 1.807) is 15.8 Å². The van der Waals surface area contributed by atoms with Crippen LogP contribution in [0.25, 0.3) is 0 Å². The van der Waals surface area contributed by atoms with E-state index in [0.29, 0.717) is 26.1 Å². The molecule has 1 heterocycles. The van der Waals surface area contributed by atoms with E-state index in [0.717, 1.165) is 5.56 Å². The van der Waals surface area contributed by atoms with Gasteiger partial charge in [-0.15, -0.1) is 0 Å². The normalized spacial score (nSPS) is 10.4. The van der Waals surface area contributed by atoms with Gasteiger partial charge in [0.2, 0.25) is 5.91 Å². The monoisotopic (exact) mass is 273 g/mol. The highest BCUT2D eigenvalue weighted by Gasteiger charge is 2.13. The highest BCUT2D eigenvalue weighted by atomic mass is 16.3. The molecule has 1 aromatic heterocycles. The van der Waals surface area contributed by atoms with Crippen LogP contribution in [0.4, 0.5) is 0 Å². The lowest BCUT2D eigenvalue weighted by molar-refractivity contribution is -0.132. The first-order valence-corrected chi connectivity index (χ1v) is 6.69. The fourth-order valence-electron chi connectivity index (χ4n) is 2.02. The zero-order valence-electron chi connectivity index (χ0n) is 11.4. The maximum Gasteiger partial charge on any atom is 0.224 e. The number of aliphatic hydroxyl groups excluding tert-OH is 1. The Morgan fingerprint density at radius 3 is 2.70 bits per heavy atom. The van der Waals surface area contributed by atoms with Gasteiger partial charge in [0.25, 0.3) is 0 Å². The number of hydrogen-bond donors (Lipinski definition) is 1. The van der Waals surface area contributed by atoms with Crippen LogP contribution < -0.4 is 0 Å². The zero-order valence-corrected chi connectivity index (χ0v) is 11.4. The summed E-state index contributed by atoms with van der Waals surface area (Å²) in [6, 6.07) is 11.6. The van der Waals surface area contributed by atoms with Crippen LogP contribution in [0, 0.1) is 0 Å². The number of hydrogen-bond acceptors (Lipinski definition) is 3. The van der Waals surface area contributed by atoms with E-state index in [9.17, 15) is 4.79 Å². The zero-order chi connectivity index (χ0) is 14.2. The Bertz CT molecular complexity index is 511. The number of aromatic nitrogens is 2. The van der Waals surface area contributed by atoms with E-state index in [1.807, 2.05) is 42.6 Å². The van der Waals surface area contributed by atoms with Crippen molar-refractivity contribution in [3.63, 3.8) is 0 Å². The van der Waals surface area contributed by atoms with Gasteiger partial charge < -0.3 is 10.0 Å². The largest absolute Gasteiger partial charge is 0.395 e. The third-order valence-corrected chi connectivity index (χ3v) is 3.05. The van der Waals surface area contributed by atoms with Crippen LogP contribution in [0.15, 0.2) is 48.8 Å².